The van der Waals surface area contributed by atoms with Crippen LogP contribution in [0, 0.1) is 5.41 Å². The van der Waals surface area contributed by atoms with Crippen molar-refractivity contribution in [2.24, 2.45) is 5.41 Å². The zero-order valence-corrected chi connectivity index (χ0v) is 15.4. The van der Waals surface area contributed by atoms with E-state index in [1.165, 1.54) is 0 Å². The van der Waals surface area contributed by atoms with E-state index in [-0.39, 0.29) is 23.1 Å². The van der Waals surface area contributed by atoms with Crippen LogP contribution in [0.3, 0.4) is 0 Å². The third kappa shape index (κ3) is 4.01. The molecule has 1 aromatic carbocycles. The summed E-state index contributed by atoms with van der Waals surface area (Å²) in [7, 11) is 0. The Kier molecular flexibility index (Phi) is 5.51. The fourth-order valence-electron chi connectivity index (χ4n) is 4.40. The average molecular weight is 360 g/mol. The number of aromatic hydroxyl groups is 1. The van der Waals surface area contributed by atoms with Gasteiger partial charge in [0.15, 0.2) is 0 Å². The molecule has 2 saturated heterocycles. The highest BCUT2D eigenvalue weighted by molar-refractivity contribution is 5.79. The van der Waals surface area contributed by atoms with Gasteiger partial charge in [0, 0.05) is 19.6 Å². The van der Waals surface area contributed by atoms with Crippen molar-refractivity contribution in [3.05, 3.63) is 29.8 Å². The number of phenolic OH excluding ortho intramolecular Hbond substituents is 1. The number of benzene rings is 1. The van der Waals surface area contributed by atoms with Crippen molar-refractivity contribution in [2.75, 3.05) is 26.2 Å². The van der Waals surface area contributed by atoms with Gasteiger partial charge >= 0.3 is 5.97 Å². The molecule has 1 spiro atoms. The number of phenols is 1. The summed E-state index contributed by atoms with van der Waals surface area (Å²) in [5, 5.41) is 18.9. The minimum atomic E-state index is -0.721. The summed E-state index contributed by atoms with van der Waals surface area (Å²) in [6, 6.07) is 6.36. The molecule has 2 N–H and O–H groups in total. The van der Waals surface area contributed by atoms with Gasteiger partial charge in [-0.25, -0.2) is 0 Å². The normalized spacial score (nSPS) is 22.7. The topological polar surface area (TPSA) is 81.1 Å². The zero-order valence-electron chi connectivity index (χ0n) is 15.4. The van der Waals surface area contributed by atoms with Crippen LogP contribution in [0.1, 0.15) is 38.2 Å². The van der Waals surface area contributed by atoms with E-state index in [2.05, 4.69) is 11.8 Å². The first-order valence-corrected chi connectivity index (χ1v) is 9.45. The number of hydrogen-bond acceptors (Lipinski definition) is 4. The molecule has 26 heavy (non-hydrogen) atoms. The summed E-state index contributed by atoms with van der Waals surface area (Å²) in [6.45, 7) is 5.13. The molecular weight excluding hydrogens is 332 g/mol. The number of rotatable bonds is 5. The van der Waals surface area contributed by atoms with E-state index in [9.17, 15) is 19.8 Å². The van der Waals surface area contributed by atoms with Gasteiger partial charge in [-0.3, -0.25) is 14.5 Å². The lowest BCUT2D eigenvalue weighted by atomic mass is 9.76. The van der Waals surface area contributed by atoms with Crippen molar-refractivity contribution >= 4 is 11.9 Å². The number of nitrogens with zero attached hydrogens (tertiary/aromatic N) is 2. The quantitative estimate of drug-likeness (QED) is 0.841. The summed E-state index contributed by atoms with van der Waals surface area (Å²) in [6.07, 6.45) is 3.74. The number of piperidine rings is 1. The van der Waals surface area contributed by atoms with Gasteiger partial charge in [-0.2, -0.15) is 0 Å². The SMILES string of the molecule is CCCN1CC2(CCN(C(=O)Cc3ccc(O)cc3)CC2)CC1C(=O)O. The van der Waals surface area contributed by atoms with Gasteiger partial charge in [-0.05, 0) is 55.3 Å². The molecule has 0 aliphatic carbocycles. The molecule has 2 heterocycles. The van der Waals surface area contributed by atoms with Gasteiger partial charge in [0.1, 0.15) is 11.8 Å². The predicted octanol–water partition coefficient (Wildman–Crippen LogP) is 2.11. The largest absolute Gasteiger partial charge is 0.508 e. The summed E-state index contributed by atoms with van der Waals surface area (Å²) in [4.78, 5) is 28.1. The van der Waals surface area contributed by atoms with Crippen molar-refractivity contribution in [3.63, 3.8) is 0 Å². The van der Waals surface area contributed by atoms with Crippen LogP contribution in [-0.2, 0) is 16.0 Å². The zero-order chi connectivity index (χ0) is 18.7. The number of amides is 1. The molecule has 1 unspecified atom stereocenters. The van der Waals surface area contributed by atoms with Gasteiger partial charge in [0.2, 0.25) is 5.91 Å². The van der Waals surface area contributed by atoms with E-state index in [1.54, 1.807) is 24.3 Å². The Morgan fingerprint density at radius 3 is 2.42 bits per heavy atom. The molecule has 2 aliphatic rings. The molecule has 1 atom stereocenters. The summed E-state index contributed by atoms with van der Waals surface area (Å²) in [5.41, 5.74) is 0.932. The molecule has 6 nitrogen and oxygen atoms in total. The Hall–Kier alpha value is -2.08. The third-order valence-electron chi connectivity index (χ3n) is 5.87. The van der Waals surface area contributed by atoms with Crippen molar-refractivity contribution in [1.82, 2.24) is 9.80 Å². The first-order chi connectivity index (χ1) is 12.4. The molecule has 0 radical (unpaired) electrons. The number of carbonyl (C=O) groups is 2. The molecule has 3 rings (SSSR count). The average Bonchev–Trinajstić information content (AvgIpc) is 2.96. The molecule has 1 amide bonds. The summed E-state index contributed by atoms with van der Waals surface area (Å²) >= 11 is 0. The van der Waals surface area contributed by atoms with Crippen LogP contribution in [0.4, 0.5) is 0 Å². The first kappa shape index (κ1) is 18.7. The van der Waals surface area contributed by atoms with E-state index in [0.29, 0.717) is 25.9 Å². The number of hydrogen-bond donors (Lipinski definition) is 2. The number of aliphatic carboxylic acids is 1. The van der Waals surface area contributed by atoms with E-state index in [4.69, 9.17) is 0 Å². The van der Waals surface area contributed by atoms with Gasteiger partial charge in [0.25, 0.3) is 0 Å². The second kappa shape index (κ2) is 7.66. The molecule has 142 valence electrons. The lowest BCUT2D eigenvalue weighted by Gasteiger charge is -2.39. The molecule has 2 aliphatic heterocycles. The molecule has 6 heteroatoms. The number of carboxylic acid groups (broad SMARTS) is 1. The highest BCUT2D eigenvalue weighted by Gasteiger charge is 2.48. The lowest BCUT2D eigenvalue weighted by Crippen LogP contribution is -2.44. The third-order valence-corrected chi connectivity index (χ3v) is 5.87. The first-order valence-electron chi connectivity index (χ1n) is 9.45. The number of likely N-dealkylation sites (tertiary alicyclic amines) is 2. The van der Waals surface area contributed by atoms with Crippen LogP contribution in [-0.4, -0.2) is 64.1 Å². The van der Waals surface area contributed by atoms with Crippen molar-refractivity contribution < 1.29 is 19.8 Å². The van der Waals surface area contributed by atoms with E-state index in [1.807, 2.05) is 4.90 Å². The maximum absolute atomic E-state index is 12.6. The van der Waals surface area contributed by atoms with Crippen molar-refractivity contribution in [3.8, 4) is 5.75 Å². The maximum atomic E-state index is 12.6. The van der Waals surface area contributed by atoms with E-state index in [0.717, 1.165) is 37.9 Å². The predicted molar refractivity (Wildman–Crippen MR) is 98.0 cm³/mol. The fraction of sp³-hybridized carbons (Fsp3) is 0.600. The van der Waals surface area contributed by atoms with Crippen LogP contribution in [0.25, 0.3) is 0 Å². The Balaban J connectivity index is 1.57. The van der Waals surface area contributed by atoms with E-state index < -0.39 is 5.97 Å². The van der Waals surface area contributed by atoms with Gasteiger partial charge in [-0.15, -0.1) is 0 Å². The standard InChI is InChI=1S/C20H28N2O4/c1-2-9-22-14-20(13-17(22)19(25)26)7-10-21(11-8-20)18(24)12-15-3-5-16(23)6-4-15/h3-6,17,23H,2,7-14H2,1H3,(H,25,26). The smallest absolute Gasteiger partial charge is 0.320 e. The molecular formula is C20H28N2O4. The molecule has 1 aromatic rings. The van der Waals surface area contributed by atoms with E-state index >= 15 is 0 Å². The lowest BCUT2D eigenvalue weighted by molar-refractivity contribution is -0.142. The van der Waals surface area contributed by atoms with Crippen molar-refractivity contribution in [1.29, 1.82) is 0 Å². The van der Waals surface area contributed by atoms with Gasteiger partial charge in [-0.1, -0.05) is 19.1 Å². The van der Waals surface area contributed by atoms with Crippen LogP contribution in [0.15, 0.2) is 24.3 Å². The Morgan fingerprint density at radius 1 is 1.19 bits per heavy atom. The monoisotopic (exact) mass is 360 g/mol. The van der Waals surface area contributed by atoms with Crippen LogP contribution in [0.5, 0.6) is 5.75 Å². The minimum Gasteiger partial charge on any atom is -0.508 e. The number of carbonyl (C=O) groups excluding carboxylic acids is 1. The van der Waals surface area contributed by atoms with Gasteiger partial charge in [0.05, 0.1) is 6.42 Å². The molecule has 0 saturated carbocycles. The van der Waals surface area contributed by atoms with Gasteiger partial charge < -0.3 is 15.1 Å². The fourth-order valence-corrected chi connectivity index (χ4v) is 4.40. The highest BCUT2D eigenvalue weighted by Crippen LogP contribution is 2.43. The Bertz CT molecular complexity index is 650. The van der Waals surface area contributed by atoms with Crippen molar-refractivity contribution in [2.45, 2.75) is 45.1 Å². The maximum Gasteiger partial charge on any atom is 0.320 e. The van der Waals surface area contributed by atoms with Crippen LogP contribution >= 0.6 is 0 Å². The van der Waals surface area contributed by atoms with Crippen LogP contribution in [0.2, 0.25) is 0 Å². The summed E-state index contributed by atoms with van der Waals surface area (Å²) < 4.78 is 0. The minimum absolute atomic E-state index is 0.0353. The molecule has 2 fully saturated rings. The Morgan fingerprint density at radius 2 is 1.85 bits per heavy atom. The van der Waals surface area contributed by atoms with Crippen LogP contribution < -0.4 is 0 Å². The molecule has 0 bridgehead atoms. The second-order valence-electron chi connectivity index (χ2n) is 7.75. The second-order valence-corrected chi connectivity index (χ2v) is 7.75. The number of carboxylic acids is 1. The highest BCUT2D eigenvalue weighted by atomic mass is 16.4. The molecule has 0 aromatic heterocycles. The summed E-state index contributed by atoms with van der Waals surface area (Å²) in [5.74, 6) is -0.420. The Labute approximate surface area is 154 Å².